The van der Waals surface area contributed by atoms with Crippen molar-refractivity contribution < 1.29 is 23.4 Å². The highest BCUT2D eigenvalue weighted by atomic mass is 32.2. The normalized spacial score (nSPS) is 14.9. The predicted octanol–water partition coefficient (Wildman–Crippen LogP) is 4.58. The van der Waals surface area contributed by atoms with Crippen molar-refractivity contribution in [3.05, 3.63) is 70.7 Å². The molecule has 1 N–H and O–H groups in total. The number of carbonyl (C=O) groups excluding carboxylic acids is 1. The van der Waals surface area contributed by atoms with Crippen molar-refractivity contribution in [2.75, 3.05) is 26.1 Å². The SMILES string of the molecule is CCOC(=O)C1=C(C)Nc2nc(SCc3ccc(F)cc3)nn2C1c1ccc(OC)c(OC)c1. The molecule has 0 saturated heterocycles. The molecule has 1 aliphatic rings. The van der Waals surface area contributed by atoms with Gasteiger partial charge in [-0.1, -0.05) is 30.0 Å². The van der Waals surface area contributed by atoms with Gasteiger partial charge in [0.15, 0.2) is 11.5 Å². The van der Waals surface area contributed by atoms with E-state index in [9.17, 15) is 9.18 Å². The number of aromatic nitrogens is 3. The quantitative estimate of drug-likeness (QED) is 0.367. The maximum atomic E-state index is 13.2. The molecule has 3 aromatic rings. The molecular weight excluding hydrogens is 459 g/mol. The number of rotatable bonds is 8. The lowest BCUT2D eigenvalue weighted by atomic mass is 9.95. The average molecular weight is 485 g/mol. The van der Waals surface area contributed by atoms with Gasteiger partial charge < -0.3 is 19.5 Å². The molecule has 8 nitrogen and oxygen atoms in total. The number of fused-ring (bicyclic) bond motifs is 1. The third kappa shape index (κ3) is 4.72. The summed E-state index contributed by atoms with van der Waals surface area (Å²) in [6.07, 6.45) is 0. The van der Waals surface area contributed by atoms with E-state index >= 15 is 0 Å². The van der Waals surface area contributed by atoms with E-state index in [0.717, 1.165) is 11.1 Å². The molecule has 34 heavy (non-hydrogen) atoms. The van der Waals surface area contributed by atoms with Crippen molar-refractivity contribution in [1.29, 1.82) is 0 Å². The fourth-order valence-electron chi connectivity index (χ4n) is 3.73. The zero-order valence-electron chi connectivity index (χ0n) is 19.3. The number of anilines is 1. The number of methoxy groups -OCH3 is 2. The zero-order chi connectivity index (χ0) is 24.2. The Labute approximate surface area is 201 Å². The Kier molecular flexibility index (Phi) is 7.06. The third-order valence-electron chi connectivity index (χ3n) is 5.33. The molecule has 178 valence electrons. The van der Waals surface area contributed by atoms with Gasteiger partial charge in [0.2, 0.25) is 11.1 Å². The maximum Gasteiger partial charge on any atom is 0.338 e. The fourth-order valence-corrected chi connectivity index (χ4v) is 4.51. The lowest BCUT2D eigenvalue weighted by Gasteiger charge is -2.28. The summed E-state index contributed by atoms with van der Waals surface area (Å²) in [5.41, 5.74) is 2.78. The van der Waals surface area contributed by atoms with Crippen LogP contribution in [0.4, 0.5) is 10.3 Å². The van der Waals surface area contributed by atoms with Crippen LogP contribution in [-0.2, 0) is 15.3 Å². The number of thioether (sulfide) groups is 1. The van der Waals surface area contributed by atoms with E-state index in [1.807, 2.05) is 19.1 Å². The minimum absolute atomic E-state index is 0.247. The van der Waals surface area contributed by atoms with E-state index < -0.39 is 12.0 Å². The van der Waals surface area contributed by atoms with Crippen molar-refractivity contribution in [1.82, 2.24) is 14.8 Å². The van der Waals surface area contributed by atoms with E-state index in [-0.39, 0.29) is 12.4 Å². The average Bonchev–Trinajstić information content (AvgIpc) is 3.24. The smallest absolute Gasteiger partial charge is 0.338 e. The molecule has 1 atom stereocenters. The molecule has 1 unspecified atom stereocenters. The number of hydrogen-bond donors (Lipinski definition) is 1. The lowest BCUT2D eigenvalue weighted by molar-refractivity contribution is -0.139. The van der Waals surface area contributed by atoms with Crippen LogP contribution in [0, 0.1) is 5.82 Å². The van der Waals surface area contributed by atoms with Gasteiger partial charge in [0.05, 0.1) is 26.4 Å². The Bertz CT molecular complexity index is 1230. The first kappa shape index (κ1) is 23.6. The highest BCUT2D eigenvalue weighted by Crippen LogP contribution is 2.39. The number of esters is 1. The van der Waals surface area contributed by atoms with Crippen LogP contribution in [0.3, 0.4) is 0 Å². The van der Waals surface area contributed by atoms with Crippen LogP contribution in [0.1, 0.15) is 31.0 Å². The molecule has 4 rings (SSSR count). The van der Waals surface area contributed by atoms with E-state index in [4.69, 9.17) is 14.2 Å². The van der Waals surface area contributed by atoms with Gasteiger partial charge in [-0.25, -0.2) is 13.9 Å². The van der Waals surface area contributed by atoms with Gasteiger partial charge >= 0.3 is 5.97 Å². The second-order valence-corrected chi connectivity index (χ2v) is 8.42. The molecule has 0 bridgehead atoms. The van der Waals surface area contributed by atoms with Gasteiger partial charge in [0, 0.05) is 11.4 Å². The number of nitrogens with zero attached hydrogens (tertiary/aromatic N) is 3. The summed E-state index contributed by atoms with van der Waals surface area (Å²) in [7, 11) is 3.12. The Morgan fingerprint density at radius 2 is 1.88 bits per heavy atom. The van der Waals surface area contributed by atoms with Crippen molar-refractivity contribution in [2.24, 2.45) is 0 Å². The summed E-state index contributed by atoms with van der Waals surface area (Å²) in [4.78, 5) is 17.6. The third-order valence-corrected chi connectivity index (χ3v) is 6.24. The van der Waals surface area contributed by atoms with Crippen molar-refractivity contribution in [3.8, 4) is 11.5 Å². The second kappa shape index (κ2) is 10.2. The highest BCUT2D eigenvalue weighted by Gasteiger charge is 2.35. The number of carbonyl (C=O) groups is 1. The van der Waals surface area contributed by atoms with E-state index in [0.29, 0.717) is 39.6 Å². The van der Waals surface area contributed by atoms with Crippen LogP contribution in [0.5, 0.6) is 11.5 Å². The maximum absolute atomic E-state index is 13.2. The van der Waals surface area contributed by atoms with Gasteiger partial charge in [0.1, 0.15) is 11.9 Å². The van der Waals surface area contributed by atoms with Crippen LogP contribution < -0.4 is 14.8 Å². The van der Waals surface area contributed by atoms with Crippen LogP contribution in [0.25, 0.3) is 0 Å². The van der Waals surface area contributed by atoms with Crippen LogP contribution in [0.15, 0.2) is 58.9 Å². The first-order chi connectivity index (χ1) is 16.4. The highest BCUT2D eigenvalue weighted by molar-refractivity contribution is 7.98. The molecule has 0 aliphatic carbocycles. The number of allylic oxidation sites excluding steroid dienone is 1. The summed E-state index contributed by atoms with van der Waals surface area (Å²) >= 11 is 1.42. The molecule has 0 spiro atoms. The van der Waals surface area contributed by atoms with Crippen molar-refractivity contribution in [3.63, 3.8) is 0 Å². The van der Waals surface area contributed by atoms with Crippen LogP contribution in [-0.4, -0.2) is 41.6 Å². The molecule has 0 fully saturated rings. The Hall–Kier alpha value is -3.53. The molecule has 10 heteroatoms. The number of benzene rings is 2. The van der Waals surface area contributed by atoms with E-state index in [1.54, 1.807) is 44.0 Å². The molecule has 0 amide bonds. The van der Waals surface area contributed by atoms with Crippen molar-refractivity contribution >= 4 is 23.7 Å². The summed E-state index contributed by atoms with van der Waals surface area (Å²) in [5, 5.41) is 8.38. The molecular formula is C24H25FN4O4S. The summed E-state index contributed by atoms with van der Waals surface area (Å²) in [5.74, 6) is 1.47. The second-order valence-electron chi connectivity index (χ2n) is 7.48. The largest absolute Gasteiger partial charge is 0.493 e. The molecule has 1 aliphatic heterocycles. The standard InChI is InChI=1S/C24H25FN4O4S/c1-5-33-22(30)20-14(2)26-23-27-24(34-13-15-6-9-17(25)10-7-15)28-29(23)21(20)16-8-11-18(31-3)19(12-16)32-4/h6-12,21H,5,13H2,1-4H3,(H,26,27,28). The molecule has 2 aromatic carbocycles. The number of halogens is 1. The van der Waals surface area contributed by atoms with Gasteiger partial charge in [-0.15, -0.1) is 5.10 Å². The minimum atomic E-state index is -0.581. The van der Waals surface area contributed by atoms with Gasteiger partial charge in [0.25, 0.3) is 0 Å². The Morgan fingerprint density at radius 3 is 2.56 bits per heavy atom. The van der Waals surface area contributed by atoms with Crippen LogP contribution >= 0.6 is 11.8 Å². The van der Waals surface area contributed by atoms with E-state index in [2.05, 4.69) is 15.4 Å². The molecule has 0 saturated carbocycles. The first-order valence-corrected chi connectivity index (χ1v) is 11.6. The van der Waals surface area contributed by atoms with Gasteiger partial charge in [-0.3, -0.25) is 0 Å². The molecule has 2 heterocycles. The first-order valence-electron chi connectivity index (χ1n) is 10.7. The van der Waals surface area contributed by atoms with Crippen molar-refractivity contribution in [2.45, 2.75) is 30.8 Å². The zero-order valence-corrected chi connectivity index (χ0v) is 20.1. The van der Waals surface area contributed by atoms with E-state index in [1.165, 1.54) is 23.9 Å². The Morgan fingerprint density at radius 1 is 1.15 bits per heavy atom. The topological polar surface area (TPSA) is 87.5 Å². The number of ether oxygens (including phenoxy) is 3. The predicted molar refractivity (Wildman–Crippen MR) is 127 cm³/mol. The van der Waals surface area contributed by atoms with Gasteiger partial charge in [-0.05, 0) is 49.2 Å². The summed E-state index contributed by atoms with van der Waals surface area (Å²) in [6.45, 7) is 3.82. The molecule has 1 aromatic heterocycles. The summed E-state index contributed by atoms with van der Waals surface area (Å²) in [6, 6.07) is 11.2. The summed E-state index contributed by atoms with van der Waals surface area (Å²) < 4.78 is 31.1. The van der Waals surface area contributed by atoms with Crippen LogP contribution in [0.2, 0.25) is 0 Å². The van der Waals surface area contributed by atoms with Gasteiger partial charge in [-0.2, -0.15) is 4.98 Å². The minimum Gasteiger partial charge on any atom is -0.493 e. The number of nitrogens with one attached hydrogen (secondary N) is 1. The monoisotopic (exact) mass is 484 g/mol. The lowest BCUT2D eigenvalue weighted by Crippen LogP contribution is -2.29. The molecule has 0 radical (unpaired) electrons. The number of hydrogen-bond acceptors (Lipinski definition) is 8. The fraction of sp³-hybridized carbons (Fsp3) is 0.292. The Balaban J connectivity index is 1.72.